The molecule has 1 aliphatic heterocycles. The molecule has 29 heavy (non-hydrogen) atoms. The van der Waals surface area contributed by atoms with Crippen molar-refractivity contribution < 1.29 is 9.59 Å². The summed E-state index contributed by atoms with van der Waals surface area (Å²) in [7, 11) is 0. The van der Waals surface area contributed by atoms with Crippen molar-refractivity contribution in [2.75, 3.05) is 31.1 Å². The van der Waals surface area contributed by atoms with Gasteiger partial charge in [0.25, 0.3) is 5.91 Å². The molecular formula is C20H21N7O2. The van der Waals surface area contributed by atoms with Gasteiger partial charge in [-0.15, -0.1) is 0 Å². The summed E-state index contributed by atoms with van der Waals surface area (Å²) in [6, 6.07) is 12.7. The lowest BCUT2D eigenvalue weighted by Gasteiger charge is -2.39. The smallest absolute Gasteiger partial charge is 0.251 e. The lowest BCUT2D eigenvalue weighted by Crippen LogP contribution is -2.54. The SMILES string of the molecule is O=C(NCCNC(=O)C1CN(c2cc(-n3cccn3)ncn2)C1)c1ccccc1. The number of nitrogens with zero attached hydrogens (tertiary/aromatic N) is 5. The van der Waals surface area contributed by atoms with E-state index in [1.165, 1.54) is 6.33 Å². The fourth-order valence-corrected chi connectivity index (χ4v) is 3.07. The van der Waals surface area contributed by atoms with E-state index in [9.17, 15) is 9.59 Å². The average molecular weight is 391 g/mol. The van der Waals surface area contributed by atoms with Gasteiger partial charge in [0.15, 0.2) is 5.82 Å². The number of hydrogen-bond acceptors (Lipinski definition) is 6. The van der Waals surface area contributed by atoms with Gasteiger partial charge in [0.05, 0.1) is 5.92 Å². The van der Waals surface area contributed by atoms with Gasteiger partial charge in [-0.3, -0.25) is 9.59 Å². The van der Waals surface area contributed by atoms with Crippen LogP contribution in [0.3, 0.4) is 0 Å². The molecule has 2 amide bonds. The van der Waals surface area contributed by atoms with Gasteiger partial charge in [-0.1, -0.05) is 18.2 Å². The molecule has 0 aliphatic carbocycles. The van der Waals surface area contributed by atoms with Crippen molar-refractivity contribution in [1.29, 1.82) is 0 Å². The summed E-state index contributed by atoms with van der Waals surface area (Å²) < 4.78 is 1.67. The van der Waals surface area contributed by atoms with E-state index in [0.29, 0.717) is 37.6 Å². The van der Waals surface area contributed by atoms with Gasteiger partial charge in [-0.2, -0.15) is 5.10 Å². The van der Waals surface area contributed by atoms with Crippen LogP contribution in [0.1, 0.15) is 10.4 Å². The summed E-state index contributed by atoms with van der Waals surface area (Å²) in [5.74, 6) is 1.19. The number of amides is 2. The minimum Gasteiger partial charge on any atom is -0.355 e. The van der Waals surface area contributed by atoms with Crippen LogP contribution in [0.5, 0.6) is 0 Å². The summed E-state index contributed by atoms with van der Waals surface area (Å²) >= 11 is 0. The van der Waals surface area contributed by atoms with Crippen LogP contribution in [0.15, 0.2) is 61.2 Å². The highest BCUT2D eigenvalue weighted by Crippen LogP contribution is 2.23. The molecule has 4 rings (SSSR count). The Morgan fingerprint density at radius 1 is 1.00 bits per heavy atom. The molecule has 0 radical (unpaired) electrons. The number of hydrogen-bond donors (Lipinski definition) is 2. The Hall–Kier alpha value is -3.75. The van der Waals surface area contributed by atoms with E-state index in [4.69, 9.17) is 0 Å². The number of carbonyl (C=O) groups excluding carboxylic acids is 2. The van der Waals surface area contributed by atoms with E-state index in [0.717, 1.165) is 5.82 Å². The molecule has 9 nitrogen and oxygen atoms in total. The summed E-state index contributed by atoms with van der Waals surface area (Å²) in [5, 5.41) is 9.83. The molecule has 0 atom stereocenters. The van der Waals surface area contributed by atoms with Gasteiger partial charge in [0, 0.05) is 50.2 Å². The standard InChI is InChI=1S/C20H21N7O2/c28-19(15-5-2-1-3-6-15)21-8-9-22-20(29)16-12-26(13-16)17-11-18(24-14-23-17)27-10-4-7-25-27/h1-7,10-11,14,16H,8-9,12-13H2,(H,21,28)(H,22,29). The lowest BCUT2D eigenvalue weighted by molar-refractivity contribution is -0.125. The predicted octanol–water partition coefficient (Wildman–Crippen LogP) is 0.645. The van der Waals surface area contributed by atoms with Gasteiger partial charge in [-0.05, 0) is 18.2 Å². The van der Waals surface area contributed by atoms with Gasteiger partial charge >= 0.3 is 0 Å². The lowest BCUT2D eigenvalue weighted by atomic mass is 9.99. The third-order valence-electron chi connectivity index (χ3n) is 4.70. The number of aromatic nitrogens is 4. The molecule has 0 spiro atoms. The molecule has 1 fully saturated rings. The predicted molar refractivity (Wildman–Crippen MR) is 107 cm³/mol. The Balaban J connectivity index is 1.20. The van der Waals surface area contributed by atoms with Crippen LogP contribution in [-0.4, -0.2) is 57.7 Å². The van der Waals surface area contributed by atoms with Crippen molar-refractivity contribution in [3.8, 4) is 5.82 Å². The van der Waals surface area contributed by atoms with Crippen LogP contribution in [0.4, 0.5) is 5.82 Å². The van der Waals surface area contributed by atoms with Crippen molar-refractivity contribution >= 4 is 17.6 Å². The normalized spacial score (nSPS) is 13.6. The topological polar surface area (TPSA) is 105 Å². The molecule has 0 saturated carbocycles. The molecule has 9 heteroatoms. The number of benzene rings is 1. The van der Waals surface area contributed by atoms with Gasteiger partial charge in [0.2, 0.25) is 5.91 Å². The van der Waals surface area contributed by atoms with E-state index < -0.39 is 0 Å². The summed E-state index contributed by atoms with van der Waals surface area (Å²) in [5.41, 5.74) is 0.604. The van der Waals surface area contributed by atoms with Gasteiger partial charge in [-0.25, -0.2) is 14.6 Å². The second-order valence-corrected chi connectivity index (χ2v) is 6.70. The number of carbonyl (C=O) groups is 2. The Labute approximate surface area is 167 Å². The van der Waals surface area contributed by atoms with E-state index in [-0.39, 0.29) is 17.7 Å². The first-order chi connectivity index (χ1) is 14.2. The molecule has 1 aliphatic rings. The first kappa shape index (κ1) is 18.6. The zero-order valence-corrected chi connectivity index (χ0v) is 15.7. The molecule has 2 N–H and O–H groups in total. The highest BCUT2D eigenvalue weighted by Gasteiger charge is 2.33. The third kappa shape index (κ3) is 4.40. The fraction of sp³-hybridized carbons (Fsp3) is 0.250. The first-order valence-corrected chi connectivity index (χ1v) is 9.38. The Morgan fingerprint density at radius 3 is 2.52 bits per heavy atom. The minimum atomic E-state index is -0.147. The quantitative estimate of drug-likeness (QED) is 0.573. The summed E-state index contributed by atoms with van der Waals surface area (Å²) in [4.78, 5) is 34.7. The molecule has 1 saturated heterocycles. The van der Waals surface area contributed by atoms with E-state index in [2.05, 4.69) is 25.7 Å². The molecule has 148 valence electrons. The Bertz CT molecular complexity index is 970. The van der Waals surface area contributed by atoms with Crippen molar-refractivity contribution in [2.45, 2.75) is 0 Å². The Kier molecular flexibility index (Phi) is 5.46. The molecule has 3 aromatic rings. The van der Waals surface area contributed by atoms with Crippen LogP contribution in [0, 0.1) is 5.92 Å². The van der Waals surface area contributed by atoms with Crippen molar-refractivity contribution in [3.05, 3.63) is 66.7 Å². The second kappa shape index (κ2) is 8.51. The number of rotatable bonds is 7. The maximum absolute atomic E-state index is 12.3. The highest BCUT2D eigenvalue weighted by atomic mass is 16.2. The third-order valence-corrected chi connectivity index (χ3v) is 4.70. The molecule has 1 aromatic carbocycles. The molecule has 2 aromatic heterocycles. The van der Waals surface area contributed by atoms with Crippen LogP contribution >= 0.6 is 0 Å². The fourth-order valence-electron chi connectivity index (χ4n) is 3.07. The minimum absolute atomic E-state index is 0.0171. The first-order valence-electron chi connectivity index (χ1n) is 9.38. The molecular weight excluding hydrogens is 370 g/mol. The van der Waals surface area contributed by atoms with Crippen molar-refractivity contribution in [2.24, 2.45) is 5.92 Å². The van der Waals surface area contributed by atoms with Gasteiger partial charge in [0.1, 0.15) is 12.1 Å². The molecule has 0 bridgehead atoms. The van der Waals surface area contributed by atoms with E-state index in [1.54, 1.807) is 23.0 Å². The van der Waals surface area contributed by atoms with E-state index in [1.807, 2.05) is 41.4 Å². The van der Waals surface area contributed by atoms with Crippen LogP contribution in [0.2, 0.25) is 0 Å². The van der Waals surface area contributed by atoms with E-state index >= 15 is 0 Å². The maximum atomic E-state index is 12.3. The van der Waals surface area contributed by atoms with Crippen LogP contribution < -0.4 is 15.5 Å². The average Bonchev–Trinajstić information content (AvgIpc) is 3.26. The summed E-state index contributed by atoms with van der Waals surface area (Å²) in [6.07, 6.45) is 5.00. The largest absolute Gasteiger partial charge is 0.355 e. The molecule has 0 unspecified atom stereocenters. The van der Waals surface area contributed by atoms with Gasteiger partial charge < -0.3 is 15.5 Å². The maximum Gasteiger partial charge on any atom is 0.251 e. The Morgan fingerprint density at radius 2 is 1.76 bits per heavy atom. The zero-order chi connectivity index (χ0) is 20.1. The second-order valence-electron chi connectivity index (χ2n) is 6.70. The highest BCUT2D eigenvalue weighted by molar-refractivity contribution is 5.94. The van der Waals surface area contributed by atoms with Crippen molar-refractivity contribution in [3.63, 3.8) is 0 Å². The van der Waals surface area contributed by atoms with Crippen LogP contribution in [-0.2, 0) is 4.79 Å². The number of anilines is 1. The summed E-state index contributed by atoms with van der Waals surface area (Å²) in [6.45, 7) is 1.97. The monoisotopic (exact) mass is 391 g/mol. The molecule has 3 heterocycles. The van der Waals surface area contributed by atoms with Crippen LogP contribution in [0.25, 0.3) is 5.82 Å². The number of nitrogens with one attached hydrogen (secondary N) is 2. The zero-order valence-electron chi connectivity index (χ0n) is 15.7. The van der Waals surface area contributed by atoms with Crippen molar-refractivity contribution in [1.82, 2.24) is 30.4 Å².